The van der Waals surface area contributed by atoms with Crippen LogP contribution < -0.4 is 31.6 Å². The van der Waals surface area contributed by atoms with Gasteiger partial charge in [0.15, 0.2) is 23.0 Å². The number of benzene rings is 3. The van der Waals surface area contributed by atoms with Crippen LogP contribution in [0.2, 0.25) is 10.0 Å². The fraction of sp³-hybridized carbons (Fsp3) is 0.167. The average Bonchev–Trinajstić information content (AvgIpc) is 3.38. The summed E-state index contributed by atoms with van der Waals surface area (Å²) in [6, 6.07) is 5.25. The molecule has 37 heavy (non-hydrogen) atoms. The van der Waals surface area contributed by atoms with E-state index in [0.29, 0.717) is 72.3 Å². The molecule has 10 nitrogen and oxygen atoms in total. The van der Waals surface area contributed by atoms with Crippen molar-refractivity contribution >= 4 is 79.2 Å². The molecule has 0 amide bonds. The highest BCUT2D eigenvalue weighted by Gasteiger charge is 2.29. The van der Waals surface area contributed by atoms with E-state index < -0.39 is 0 Å². The van der Waals surface area contributed by atoms with Crippen LogP contribution in [0.15, 0.2) is 37.8 Å². The van der Waals surface area contributed by atoms with Crippen molar-refractivity contribution in [1.82, 2.24) is 19.1 Å². The van der Waals surface area contributed by atoms with Gasteiger partial charge in [0.25, 0.3) is 0 Å². The SMILES string of the molecule is CCn1c(=O)[nH]c2cc3c(cc21)Oc1c(Cl)c2c(c(Cl)c1=N3)Oc1cc3c([nH]c(=O)n3CC)c(I)c1N=2. The Morgan fingerprint density at radius 3 is 2.16 bits per heavy atom. The topological polar surface area (TPSA) is 119 Å². The zero-order valence-corrected chi connectivity index (χ0v) is 22.9. The third kappa shape index (κ3) is 3.04. The third-order valence-electron chi connectivity index (χ3n) is 6.56. The fourth-order valence-corrected chi connectivity index (χ4v) is 6.14. The van der Waals surface area contributed by atoms with E-state index in [2.05, 4.69) is 32.6 Å². The fourth-order valence-electron chi connectivity index (χ4n) is 4.83. The number of H-pyrrole nitrogens is 2. The summed E-state index contributed by atoms with van der Waals surface area (Å²) < 4.78 is 16.4. The largest absolute Gasteiger partial charge is 0.451 e. The zero-order valence-electron chi connectivity index (χ0n) is 19.2. The Labute approximate surface area is 230 Å². The molecule has 2 aliphatic heterocycles. The molecule has 13 heteroatoms. The first kappa shape index (κ1) is 22.9. The van der Waals surface area contributed by atoms with Crippen molar-refractivity contribution in [2.45, 2.75) is 26.9 Å². The summed E-state index contributed by atoms with van der Waals surface area (Å²) in [5, 5.41) is 0.980. The van der Waals surface area contributed by atoms with Gasteiger partial charge in [-0.1, -0.05) is 23.2 Å². The quantitative estimate of drug-likeness (QED) is 0.255. The van der Waals surface area contributed by atoms with Crippen LogP contribution in [-0.4, -0.2) is 19.1 Å². The Hall–Kier alpha value is -3.29. The summed E-state index contributed by atoms with van der Waals surface area (Å²) in [7, 11) is 0. The van der Waals surface area contributed by atoms with Gasteiger partial charge in [-0.2, -0.15) is 0 Å². The lowest BCUT2D eigenvalue weighted by Crippen LogP contribution is -2.22. The van der Waals surface area contributed by atoms with Crippen LogP contribution in [0.3, 0.4) is 0 Å². The molecule has 186 valence electrons. The Morgan fingerprint density at radius 1 is 0.865 bits per heavy atom. The van der Waals surface area contributed by atoms with E-state index in [1.165, 1.54) is 0 Å². The predicted molar refractivity (Wildman–Crippen MR) is 147 cm³/mol. The summed E-state index contributed by atoms with van der Waals surface area (Å²) in [5.41, 5.74) is 3.29. The maximum atomic E-state index is 12.4. The molecule has 7 rings (SSSR count). The highest BCUT2D eigenvalue weighted by atomic mass is 127. The third-order valence-corrected chi connectivity index (χ3v) is 8.32. The number of hydrogen-bond acceptors (Lipinski definition) is 6. The number of hydrogen-bond donors (Lipinski definition) is 2. The van der Waals surface area contributed by atoms with Crippen molar-refractivity contribution in [2.75, 3.05) is 0 Å². The molecule has 0 fully saturated rings. The molecule has 2 N–H and O–H groups in total. The second kappa shape index (κ2) is 7.85. The highest BCUT2D eigenvalue weighted by molar-refractivity contribution is 14.1. The molecule has 4 heterocycles. The lowest BCUT2D eigenvalue weighted by Gasteiger charge is -2.21. The number of ether oxygens (including phenoxy) is 2. The van der Waals surface area contributed by atoms with Crippen molar-refractivity contribution < 1.29 is 9.47 Å². The molecule has 0 radical (unpaired) electrons. The molecule has 0 atom stereocenters. The Bertz CT molecular complexity index is 2110. The number of aromatic nitrogens is 4. The van der Waals surface area contributed by atoms with E-state index in [0.717, 1.165) is 0 Å². The number of aromatic amines is 2. The minimum atomic E-state index is -0.215. The minimum absolute atomic E-state index is 0.186. The maximum Gasteiger partial charge on any atom is 0.326 e. The van der Waals surface area contributed by atoms with Crippen LogP contribution in [0.4, 0.5) is 11.4 Å². The monoisotopic (exact) mass is 648 g/mol. The standard InChI is InChI=1S/C24H15Cl2IN6O4/c1-3-32-10-6-12-9(5-8(10)29-23(32)34)28-19-14(25)22-20(15(26)21(19)36-12)30-18-13(37-22)7-11-17(16(18)27)31-24(35)33(11)4-2/h5-7H,3-4H2,1-2H3,(H,29,34)(H,31,35). The number of halogens is 3. The molecular weight excluding hydrogens is 634 g/mol. The molecule has 2 aromatic heterocycles. The van der Waals surface area contributed by atoms with Crippen molar-refractivity contribution in [3.05, 3.63) is 63.5 Å². The van der Waals surface area contributed by atoms with E-state index in [1.807, 2.05) is 13.8 Å². The number of rotatable bonds is 2. The van der Waals surface area contributed by atoms with Gasteiger partial charge in [0.2, 0.25) is 0 Å². The van der Waals surface area contributed by atoms with Gasteiger partial charge in [0.05, 0.1) is 25.6 Å². The van der Waals surface area contributed by atoms with Crippen molar-refractivity contribution in [1.29, 1.82) is 0 Å². The lowest BCUT2D eigenvalue weighted by molar-refractivity contribution is 0.451. The van der Waals surface area contributed by atoms with E-state index in [1.54, 1.807) is 27.3 Å². The summed E-state index contributed by atoms with van der Waals surface area (Å²) in [4.78, 5) is 39.9. The van der Waals surface area contributed by atoms with Crippen LogP contribution in [0.25, 0.3) is 22.1 Å². The van der Waals surface area contributed by atoms with Crippen molar-refractivity contribution in [3.63, 3.8) is 0 Å². The molecule has 5 aromatic rings. The van der Waals surface area contributed by atoms with Gasteiger partial charge >= 0.3 is 11.4 Å². The molecule has 0 saturated heterocycles. The Balaban J connectivity index is 1.49. The molecule has 0 aliphatic carbocycles. The molecule has 0 unspecified atom stereocenters. The van der Waals surface area contributed by atoms with Crippen LogP contribution in [0.1, 0.15) is 13.8 Å². The molecule has 2 aliphatic rings. The van der Waals surface area contributed by atoms with E-state index in [9.17, 15) is 9.59 Å². The van der Waals surface area contributed by atoms with Crippen molar-refractivity contribution in [2.24, 2.45) is 9.98 Å². The Morgan fingerprint density at radius 2 is 1.46 bits per heavy atom. The van der Waals surface area contributed by atoms with Gasteiger partial charge < -0.3 is 19.4 Å². The number of aryl methyl sites for hydroxylation is 2. The van der Waals surface area contributed by atoms with Crippen molar-refractivity contribution in [3.8, 4) is 23.0 Å². The predicted octanol–water partition coefficient (Wildman–Crippen LogP) is 5.04. The van der Waals surface area contributed by atoms with Crippen LogP contribution >= 0.6 is 45.8 Å². The minimum Gasteiger partial charge on any atom is -0.451 e. The van der Waals surface area contributed by atoms with Gasteiger partial charge in [-0.05, 0) is 42.5 Å². The van der Waals surface area contributed by atoms with Crippen LogP contribution in [0, 0.1) is 3.57 Å². The first-order valence-corrected chi connectivity index (χ1v) is 13.2. The smallest absolute Gasteiger partial charge is 0.326 e. The Kier molecular flexibility index (Phi) is 4.86. The molecular formula is C24H15Cl2IN6O4. The lowest BCUT2D eigenvalue weighted by atomic mass is 10.2. The number of nitrogens with zero attached hydrogens (tertiary/aromatic N) is 4. The van der Waals surface area contributed by atoms with E-state index in [4.69, 9.17) is 42.7 Å². The number of imidazole rings is 2. The zero-order chi connectivity index (χ0) is 25.7. The maximum absolute atomic E-state index is 12.4. The molecule has 0 saturated carbocycles. The van der Waals surface area contributed by atoms with Gasteiger partial charge in [-0.25, -0.2) is 19.6 Å². The molecule has 3 aromatic carbocycles. The number of fused-ring (bicyclic) bond motifs is 6. The summed E-state index contributed by atoms with van der Waals surface area (Å²) in [6.07, 6.45) is 0. The summed E-state index contributed by atoms with van der Waals surface area (Å²) >= 11 is 15.7. The number of nitrogens with one attached hydrogen (secondary N) is 2. The molecule has 0 bridgehead atoms. The summed E-state index contributed by atoms with van der Waals surface area (Å²) in [5.74, 6) is 1.37. The van der Waals surface area contributed by atoms with Crippen LogP contribution in [-0.2, 0) is 13.1 Å². The van der Waals surface area contributed by atoms with Gasteiger partial charge in [-0.3, -0.25) is 9.13 Å². The van der Waals surface area contributed by atoms with Gasteiger partial charge in [0, 0.05) is 25.2 Å². The second-order valence-corrected chi connectivity index (χ2v) is 10.4. The van der Waals surface area contributed by atoms with Gasteiger partial charge in [0.1, 0.15) is 32.1 Å². The first-order chi connectivity index (χ1) is 17.8. The normalized spacial score (nSPS) is 13.2. The summed E-state index contributed by atoms with van der Waals surface area (Å²) in [6.45, 7) is 4.78. The average molecular weight is 649 g/mol. The van der Waals surface area contributed by atoms with Gasteiger partial charge in [-0.15, -0.1) is 0 Å². The van der Waals surface area contributed by atoms with E-state index >= 15 is 0 Å². The first-order valence-electron chi connectivity index (χ1n) is 11.4. The van der Waals surface area contributed by atoms with Crippen LogP contribution in [0.5, 0.6) is 23.0 Å². The highest BCUT2D eigenvalue weighted by Crippen LogP contribution is 2.46. The second-order valence-electron chi connectivity index (χ2n) is 8.53. The molecule has 0 spiro atoms. The van der Waals surface area contributed by atoms with E-state index in [-0.39, 0.29) is 32.9 Å².